The summed E-state index contributed by atoms with van der Waals surface area (Å²) >= 11 is 0. The lowest BCUT2D eigenvalue weighted by Gasteiger charge is -2.21. The smallest absolute Gasteiger partial charge is 0.252 e. The van der Waals surface area contributed by atoms with E-state index in [0.29, 0.717) is 23.9 Å². The van der Waals surface area contributed by atoms with Gasteiger partial charge in [0.05, 0.1) is 22.3 Å². The van der Waals surface area contributed by atoms with Gasteiger partial charge in [-0.25, -0.2) is 9.67 Å². The molecule has 0 unspecified atom stereocenters. The third-order valence-corrected chi connectivity index (χ3v) is 8.31. The van der Waals surface area contributed by atoms with Crippen LogP contribution in [0, 0.1) is 18.8 Å². The molecule has 204 valence electrons. The maximum absolute atomic E-state index is 12.8. The van der Waals surface area contributed by atoms with Crippen LogP contribution in [0.2, 0.25) is 0 Å². The van der Waals surface area contributed by atoms with Gasteiger partial charge in [0.15, 0.2) is 11.5 Å². The highest BCUT2D eigenvalue weighted by Crippen LogP contribution is 2.28. The van der Waals surface area contributed by atoms with E-state index < -0.39 is 0 Å². The highest BCUT2D eigenvalue weighted by Gasteiger charge is 2.17. The van der Waals surface area contributed by atoms with E-state index in [-0.39, 0.29) is 5.91 Å². The Labute approximate surface area is 225 Å². The van der Waals surface area contributed by atoms with E-state index >= 15 is 0 Å². The van der Waals surface area contributed by atoms with Gasteiger partial charge in [-0.2, -0.15) is 10.1 Å². The fraction of sp³-hybridized carbons (Fsp3) is 0.621. The Morgan fingerprint density at radius 1 is 0.947 bits per heavy atom. The number of hydrogen-bond donors (Lipinski definition) is 3. The normalized spacial score (nSPS) is 17.0. The molecule has 0 atom stereocenters. The van der Waals surface area contributed by atoms with E-state index in [9.17, 15) is 4.79 Å². The number of fused-ring (bicyclic) bond motifs is 1. The highest BCUT2D eigenvalue weighted by molar-refractivity contribution is 5.95. The zero-order valence-electron chi connectivity index (χ0n) is 22.9. The molecular formula is C29H42N8O. The lowest BCUT2D eigenvalue weighted by atomic mass is 9.87. The Bertz CT molecular complexity index is 1230. The minimum Gasteiger partial charge on any atom is -0.354 e. The monoisotopic (exact) mass is 518 g/mol. The molecule has 1 amide bonds. The SMILES string of the molecule is Cc1ncc(C(=O)NCCC2CCCCC2)cc1Nc1nn(C)c2nc(NCCC3CCCCC3)ncc12. The third-order valence-electron chi connectivity index (χ3n) is 8.31. The minimum atomic E-state index is -0.0884. The number of aryl methyl sites for hydroxylation is 2. The lowest BCUT2D eigenvalue weighted by molar-refractivity contribution is 0.0950. The minimum absolute atomic E-state index is 0.0884. The van der Waals surface area contributed by atoms with Crippen molar-refractivity contribution in [2.45, 2.75) is 84.0 Å². The third kappa shape index (κ3) is 6.60. The van der Waals surface area contributed by atoms with Crippen molar-refractivity contribution < 1.29 is 4.79 Å². The van der Waals surface area contributed by atoms with Gasteiger partial charge in [-0.1, -0.05) is 64.2 Å². The molecule has 3 aromatic rings. The molecule has 3 aromatic heterocycles. The van der Waals surface area contributed by atoms with Crippen LogP contribution in [0.4, 0.5) is 17.5 Å². The first-order valence-corrected chi connectivity index (χ1v) is 14.5. The summed E-state index contributed by atoms with van der Waals surface area (Å²) in [4.78, 5) is 26.6. The van der Waals surface area contributed by atoms with Crippen molar-refractivity contribution in [3.8, 4) is 0 Å². The van der Waals surface area contributed by atoms with E-state index in [1.807, 2.05) is 26.2 Å². The summed E-state index contributed by atoms with van der Waals surface area (Å²) in [5, 5.41) is 15.3. The van der Waals surface area contributed by atoms with Crippen LogP contribution in [0.1, 0.15) is 93.1 Å². The van der Waals surface area contributed by atoms with Crippen molar-refractivity contribution >= 4 is 34.4 Å². The fourth-order valence-corrected chi connectivity index (χ4v) is 5.96. The number of rotatable bonds is 10. The summed E-state index contributed by atoms with van der Waals surface area (Å²) in [6.45, 7) is 3.52. The maximum Gasteiger partial charge on any atom is 0.252 e. The number of nitrogens with one attached hydrogen (secondary N) is 3. The number of pyridine rings is 1. The van der Waals surface area contributed by atoms with Crippen LogP contribution < -0.4 is 16.0 Å². The van der Waals surface area contributed by atoms with Crippen molar-refractivity contribution in [3.05, 3.63) is 29.7 Å². The van der Waals surface area contributed by atoms with Gasteiger partial charge in [0.25, 0.3) is 5.91 Å². The van der Waals surface area contributed by atoms with E-state index in [1.165, 1.54) is 64.2 Å². The van der Waals surface area contributed by atoms with Crippen LogP contribution in [0.25, 0.3) is 11.0 Å². The summed E-state index contributed by atoms with van der Waals surface area (Å²) in [6, 6.07) is 1.85. The molecule has 2 fully saturated rings. The first-order chi connectivity index (χ1) is 18.6. The number of amides is 1. The molecule has 0 saturated heterocycles. The zero-order chi connectivity index (χ0) is 26.3. The van der Waals surface area contributed by atoms with E-state index in [1.54, 1.807) is 10.9 Å². The molecule has 9 nitrogen and oxygen atoms in total. The van der Waals surface area contributed by atoms with Gasteiger partial charge >= 0.3 is 0 Å². The molecule has 3 heterocycles. The van der Waals surface area contributed by atoms with E-state index in [2.05, 4.69) is 31.0 Å². The van der Waals surface area contributed by atoms with Crippen molar-refractivity contribution in [3.63, 3.8) is 0 Å². The predicted octanol–water partition coefficient (Wildman–Crippen LogP) is 5.89. The molecule has 9 heteroatoms. The van der Waals surface area contributed by atoms with Crippen LogP contribution >= 0.6 is 0 Å². The number of anilines is 3. The van der Waals surface area contributed by atoms with Crippen molar-refractivity contribution in [2.24, 2.45) is 18.9 Å². The molecule has 38 heavy (non-hydrogen) atoms. The number of aromatic nitrogens is 5. The zero-order valence-corrected chi connectivity index (χ0v) is 22.9. The van der Waals surface area contributed by atoms with E-state index in [0.717, 1.165) is 53.6 Å². The molecule has 0 aliphatic heterocycles. The van der Waals surface area contributed by atoms with Crippen LogP contribution in [0.5, 0.6) is 0 Å². The van der Waals surface area contributed by atoms with Crippen LogP contribution in [0.3, 0.4) is 0 Å². The Balaban J connectivity index is 1.21. The second kappa shape index (κ2) is 12.5. The molecule has 0 bridgehead atoms. The van der Waals surface area contributed by atoms with Gasteiger partial charge < -0.3 is 16.0 Å². The highest BCUT2D eigenvalue weighted by atomic mass is 16.1. The maximum atomic E-state index is 12.8. The Hall–Kier alpha value is -3.23. The quantitative estimate of drug-likeness (QED) is 0.307. The van der Waals surface area contributed by atoms with Gasteiger partial charge in [0.2, 0.25) is 5.95 Å². The topological polar surface area (TPSA) is 110 Å². The van der Waals surface area contributed by atoms with Crippen LogP contribution in [-0.2, 0) is 7.05 Å². The van der Waals surface area contributed by atoms with Crippen LogP contribution in [-0.4, -0.2) is 43.7 Å². The first kappa shape index (κ1) is 26.4. The van der Waals surface area contributed by atoms with Gasteiger partial charge in [0.1, 0.15) is 0 Å². The average Bonchev–Trinajstić information content (AvgIpc) is 3.25. The summed E-state index contributed by atoms with van der Waals surface area (Å²) in [5.41, 5.74) is 2.84. The Morgan fingerprint density at radius 2 is 1.63 bits per heavy atom. The van der Waals surface area contributed by atoms with Crippen molar-refractivity contribution in [1.29, 1.82) is 0 Å². The average molecular weight is 519 g/mol. The standard InChI is InChI=1S/C29H42N8O/c1-20-25(17-23(18-32-20)28(38)30-15-13-21-9-5-3-6-10-21)34-26-24-19-33-29(35-27(24)37(2)36-26)31-16-14-22-11-7-4-8-12-22/h17-19,21-22H,3-16H2,1-2H3,(H,30,38)(H,34,36)(H,31,33,35). The molecule has 0 radical (unpaired) electrons. The van der Waals surface area contributed by atoms with Gasteiger partial charge in [0, 0.05) is 32.5 Å². The van der Waals surface area contributed by atoms with E-state index in [4.69, 9.17) is 4.98 Å². The predicted molar refractivity (Wildman–Crippen MR) is 152 cm³/mol. The number of hydrogen-bond acceptors (Lipinski definition) is 7. The Kier molecular flexibility index (Phi) is 8.71. The van der Waals surface area contributed by atoms with Gasteiger partial charge in [-0.05, 0) is 37.7 Å². The first-order valence-electron chi connectivity index (χ1n) is 14.5. The molecule has 2 aliphatic rings. The van der Waals surface area contributed by atoms with Crippen molar-refractivity contribution in [2.75, 3.05) is 23.7 Å². The number of carbonyl (C=O) groups excluding carboxylic acids is 1. The largest absolute Gasteiger partial charge is 0.354 e. The van der Waals surface area contributed by atoms with Gasteiger partial charge in [-0.15, -0.1) is 0 Å². The molecule has 0 aromatic carbocycles. The van der Waals surface area contributed by atoms with Crippen molar-refractivity contribution in [1.82, 2.24) is 30.0 Å². The molecule has 2 aliphatic carbocycles. The van der Waals surface area contributed by atoms with Gasteiger partial charge in [-0.3, -0.25) is 9.78 Å². The molecular weight excluding hydrogens is 476 g/mol. The van der Waals surface area contributed by atoms with Crippen LogP contribution in [0.15, 0.2) is 18.5 Å². The number of carbonyl (C=O) groups is 1. The fourth-order valence-electron chi connectivity index (χ4n) is 5.96. The molecule has 2 saturated carbocycles. The summed E-state index contributed by atoms with van der Waals surface area (Å²) < 4.78 is 1.76. The second-order valence-corrected chi connectivity index (χ2v) is 11.2. The number of nitrogens with zero attached hydrogens (tertiary/aromatic N) is 5. The second-order valence-electron chi connectivity index (χ2n) is 11.2. The molecule has 0 spiro atoms. The molecule has 5 rings (SSSR count). The molecule has 3 N–H and O–H groups in total. The Morgan fingerprint density at radius 3 is 2.34 bits per heavy atom. The summed E-state index contributed by atoms with van der Waals surface area (Å²) in [7, 11) is 1.88. The lowest BCUT2D eigenvalue weighted by Crippen LogP contribution is -2.26. The summed E-state index contributed by atoms with van der Waals surface area (Å²) in [6.07, 6.45) is 19.0. The summed E-state index contributed by atoms with van der Waals surface area (Å²) in [5.74, 6) is 2.75.